The number of rotatable bonds is 2. The first kappa shape index (κ1) is 10.5. The molecule has 0 amide bonds. The number of aryl methyl sites for hydroxylation is 1. The minimum atomic E-state index is -0.427. The molecule has 0 aliphatic carbocycles. The molecule has 0 aliphatic rings. The van der Waals surface area contributed by atoms with Crippen LogP contribution in [0.1, 0.15) is 5.89 Å². The van der Waals surface area contributed by atoms with E-state index < -0.39 is 5.63 Å². The van der Waals surface area contributed by atoms with Crippen molar-refractivity contribution in [3.63, 3.8) is 0 Å². The Balaban J connectivity index is 2.91. The number of hydrogen-bond donors (Lipinski definition) is 0. The van der Waals surface area contributed by atoms with Gasteiger partial charge in [0.25, 0.3) is 0 Å². The van der Waals surface area contributed by atoms with Crippen LogP contribution in [-0.2, 0) is 0 Å². The van der Waals surface area contributed by atoms with Gasteiger partial charge in [0, 0.05) is 6.92 Å². The largest absolute Gasteiger partial charge is 0.493 e. The van der Waals surface area contributed by atoms with Gasteiger partial charge < -0.3 is 13.9 Å². The molecule has 0 radical (unpaired) electrons. The van der Waals surface area contributed by atoms with Crippen molar-refractivity contribution in [3.05, 3.63) is 28.4 Å². The van der Waals surface area contributed by atoms with Crippen LogP contribution in [0.4, 0.5) is 0 Å². The van der Waals surface area contributed by atoms with Crippen molar-refractivity contribution in [1.29, 1.82) is 0 Å². The summed E-state index contributed by atoms with van der Waals surface area (Å²) in [6, 6.07) is 3.25. The van der Waals surface area contributed by atoms with Crippen molar-refractivity contribution in [3.8, 4) is 11.5 Å². The maximum Gasteiger partial charge on any atom is 0.346 e. The summed E-state index contributed by atoms with van der Waals surface area (Å²) < 4.78 is 15.2. The molecule has 16 heavy (non-hydrogen) atoms. The van der Waals surface area contributed by atoms with Crippen LogP contribution in [0, 0.1) is 6.92 Å². The average molecular weight is 221 g/mol. The van der Waals surface area contributed by atoms with E-state index in [0.29, 0.717) is 28.3 Å². The first-order valence-corrected chi connectivity index (χ1v) is 4.70. The van der Waals surface area contributed by atoms with E-state index in [9.17, 15) is 4.79 Å². The lowest BCUT2D eigenvalue weighted by atomic mass is 10.2. The van der Waals surface area contributed by atoms with E-state index in [1.54, 1.807) is 19.1 Å². The summed E-state index contributed by atoms with van der Waals surface area (Å²) in [7, 11) is 3.03. The molecule has 0 fully saturated rings. The Morgan fingerprint density at radius 2 is 2.00 bits per heavy atom. The molecule has 0 aliphatic heterocycles. The minimum absolute atomic E-state index is 0.295. The molecule has 1 aromatic heterocycles. The lowest BCUT2D eigenvalue weighted by Gasteiger charge is -2.09. The smallest absolute Gasteiger partial charge is 0.346 e. The Morgan fingerprint density at radius 1 is 1.25 bits per heavy atom. The molecule has 0 saturated heterocycles. The Labute approximate surface area is 91.6 Å². The number of hydrogen-bond acceptors (Lipinski definition) is 5. The molecular weight excluding hydrogens is 210 g/mol. The second kappa shape index (κ2) is 3.84. The summed E-state index contributed by atoms with van der Waals surface area (Å²) in [6.07, 6.45) is 0. The van der Waals surface area contributed by atoms with E-state index in [1.807, 2.05) is 0 Å². The highest BCUT2D eigenvalue weighted by molar-refractivity contribution is 5.86. The fourth-order valence-corrected chi connectivity index (χ4v) is 1.56. The van der Waals surface area contributed by atoms with Gasteiger partial charge in [0.2, 0.25) is 0 Å². The van der Waals surface area contributed by atoms with Crippen LogP contribution in [0.15, 0.2) is 21.3 Å². The lowest BCUT2D eigenvalue weighted by molar-refractivity contribution is 0.357. The molecule has 2 rings (SSSR count). The van der Waals surface area contributed by atoms with Crippen molar-refractivity contribution in [2.45, 2.75) is 6.92 Å². The van der Waals surface area contributed by atoms with Crippen molar-refractivity contribution in [2.24, 2.45) is 0 Å². The van der Waals surface area contributed by atoms with E-state index in [1.165, 1.54) is 14.2 Å². The highest BCUT2D eigenvalue weighted by Crippen LogP contribution is 2.32. The molecule has 2 aromatic rings. The molecule has 84 valence electrons. The first-order chi connectivity index (χ1) is 7.67. The predicted molar refractivity (Wildman–Crippen MR) is 58.1 cm³/mol. The molecule has 0 spiro atoms. The van der Waals surface area contributed by atoms with Gasteiger partial charge in [-0.1, -0.05) is 0 Å². The molecule has 1 aromatic carbocycles. The highest BCUT2D eigenvalue weighted by Gasteiger charge is 2.13. The molecule has 5 heteroatoms. The van der Waals surface area contributed by atoms with Crippen molar-refractivity contribution in [2.75, 3.05) is 14.2 Å². The molecule has 0 bridgehead atoms. The summed E-state index contributed by atoms with van der Waals surface area (Å²) >= 11 is 0. The van der Waals surface area contributed by atoms with Crippen molar-refractivity contribution in [1.82, 2.24) is 4.98 Å². The molecule has 5 nitrogen and oxygen atoms in total. The third-order valence-corrected chi connectivity index (χ3v) is 2.25. The zero-order valence-corrected chi connectivity index (χ0v) is 9.23. The van der Waals surface area contributed by atoms with E-state index in [4.69, 9.17) is 13.9 Å². The fourth-order valence-electron chi connectivity index (χ4n) is 1.56. The van der Waals surface area contributed by atoms with Gasteiger partial charge in [-0.15, -0.1) is 0 Å². The summed E-state index contributed by atoms with van der Waals surface area (Å²) in [5.74, 6) is 1.27. The average Bonchev–Trinajstić information content (AvgIpc) is 2.27. The molecule has 0 atom stereocenters. The van der Waals surface area contributed by atoms with Gasteiger partial charge in [-0.05, 0) is 12.1 Å². The Bertz CT molecular complexity index is 588. The van der Waals surface area contributed by atoms with E-state index in [2.05, 4.69) is 4.98 Å². The zero-order valence-electron chi connectivity index (χ0n) is 9.23. The van der Waals surface area contributed by atoms with Gasteiger partial charge in [0.1, 0.15) is 5.52 Å². The number of benzene rings is 1. The predicted octanol–water partition coefficient (Wildman–Crippen LogP) is 1.51. The Kier molecular flexibility index (Phi) is 2.52. The Hall–Kier alpha value is -2.04. The van der Waals surface area contributed by atoms with Gasteiger partial charge in [-0.2, -0.15) is 0 Å². The van der Waals surface area contributed by atoms with Crippen LogP contribution in [0.3, 0.4) is 0 Å². The molecule has 0 N–H and O–H groups in total. The Morgan fingerprint density at radius 3 is 2.62 bits per heavy atom. The van der Waals surface area contributed by atoms with Crippen LogP contribution >= 0.6 is 0 Å². The second-order valence-electron chi connectivity index (χ2n) is 3.22. The topological polar surface area (TPSA) is 61.6 Å². The number of nitrogens with zero attached hydrogens (tertiary/aromatic N) is 1. The normalized spacial score (nSPS) is 10.4. The minimum Gasteiger partial charge on any atom is -0.493 e. The maximum atomic E-state index is 11.6. The van der Waals surface area contributed by atoms with Crippen molar-refractivity contribution < 1.29 is 13.9 Å². The number of methoxy groups -OCH3 is 2. The summed E-state index contributed by atoms with van der Waals surface area (Å²) in [6.45, 7) is 1.61. The maximum absolute atomic E-state index is 11.6. The number of fused-ring (bicyclic) bond motifs is 1. The highest BCUT2D eigenvalue weighted by atomic mass is 16.5. The SMILES string of the molecule is COc1ccc2c(=O)oc(C)nc2c1OC. The third kappa shape index (κ3) is 1.50. The zero-order chi connectivity index (χ0) is 11.7. The summed E-state index contributed by atoms with van der Waals surface area (Å²) in [4.78, 5) is 15.7. The summed E-state index contributed by atoms with van der Waals surface area (Å²) in [5.41, 5.74) is 0.0269. The second-order valence-corrected chi connectivity index (χ2v) is 3.22. The van der Waals surface area contributed by atoms with Gasteiger partial charge in [0.05, 0.1) is 19.6 Å². The number of ether oxygens (including phenoxy) is 2. The molecular formula is C11H11NO4. The van der Waals surface area contributed by atoms with E-state index >= 15 is 0 Å². The fraction of sp³-hybridized carbons (Fsp3) is 0.273. The van der Waals surface area contributed by atoms with Crippen LogP contribution in [0.5, 0.6) is 11.5 Å². The number of aromatic nitrogens is 1. The molecule has 0 saturated carbocycles. The van der Waals surface area contributed by atoms with Gasteiger partial charge in [0.15, 0.2) is 17.4 Å². The quantitative estimate of drug-likeness (QED) is 0.769. The van der Waals surface area contributed by atoms with E-state index in [-0.39, 0.29) is 0 Å². The van der Waals surface area contributed by atoms with E-state index in [0.717, 1.165) is 0 Å². The van der Waals surface area contributed by atoms with Crippen LogP contribution in [0.2, 0.25) is 0 Å². The summed E-state index contributed by atoms with van der Waals surface area (Å²) in [5, 5.41) is 0.378. The monoisotopic (exact) mass is 221 g/mol. The van der Waals surface area contributed by atoms with Gasteiger partial charge >= 0.3 is 5.63 Å². The van der Waals surface area contributed by atoms with Crippen LogP contribution in [-0.4, -0.2) is 19.2 Å². The standard InChI is InChI=1S/C11H11NO4/c1-6-12-9-7(11(13)16-6)4-5-8(14-2)10(9)15-3/h4-5H,1-3H3. The van der Waals surface area contributed by atoms with Crippen LogP contribution < -0.4 is 15.1 Å². The van der Waals surface area contributed by atoms with Crippen LogP contribution in [0.25, 0.3) is 10.9 Å². The molecule has 1 heterocycles. The van der Waals surface area contributed by atoms with Crippen molar-refractivity contribution >= 4 is 10.9 Å². The molecule has 0 unspecified atom stereocenters. The lowest BCUT2D eigenvalue weighted by Crippen LogP contribution is -2.04. The first-order valence-electron chi connectivity index (χ1n) is 4.70. The van der Waals surface area contributed by atoms with Gasteiger partial charge in [-0.3, -0.25) is 0 Å². The third-order valence-electron chi connectivity index (χ3n) is 2.25. The van der Waals surface area contributed by atoms with Gasteiger partial charge in [-0.25, -0.2) is 9.78 Å².